The highest BCUT2D eigenvalue weighted by Crippen LogP contribution is 2.08. The number of hydrogen-bond donors (Lipinski definition) is 2. The quantitative estimate of drug-likeness (QED) is 0.828. The predicted octanol–water partition coefficient (Wildman–Crippen LogP) is 4.18. The molecular formula is C20H29NO. The van der Waals surface area contributed by atoms with Gasteiger partial charge < -0.3 is 10.4 Å². The molecule has 22 heavy (non-hydrogen) atoms. The molecule has 0 amide bonds. The molecular weight excluding hydrogens is 270 g/mol. The second-order valence-corrected chi connectivity index (χ2v) is 5.73. The van der Waals surface area contributed by atoms with E-state index in [1.165, 1.54) is 31.5 Å². The van der Waals surface area contributed by atoms with E-state index < -0.39 is 0 Å². The zero-order valence-electron chi connectivity index (χ0n) is 13.8. The number of hydrogen-bond acceptors (Lipinski definition) is 2. The van der Waals surface area contributed by atoms with Gasteiger partial charge in [-0.1, -0.05) is 73.2 Å². The predicted molar refractivity (Wildman–Crippen MR) is 94.8 cm³/mol. The van der Waals surface area contributed by atoms with Crippen LogP contribution in [0.4, 0.5) is 0 Å². The lowest BCUT2D eigenvalue weighted by Gasteiger charge is -2.17. The fraction of sp³-hybridized carbons (Fsp3) is 0.400. The van der Waals surface area contributed by atoms with Crippen molar-refractivity contribution in [2.45, 2.75) is 33.3 Å². The van der Waals surface area contributed by atoms with Crippen LogP contribution < -0.4 is 5.32 Å². The van der Waals surface area contributed by atoms with E-state index >= 15 is 0 Å². The SMILES string of the molecule is CC1CCNCC1.Cc1ccccc1.OCc1ccccc1. The second-order valence-electron chi connectivity index (χ2n) is 5.73. The van der Waals surface area contributed by atoms with Crippen LogP contribution in [0.15, 0.2) is 60.7 Å². The van der Waals surface area contributed by atoms with E-state index in [9.17, 15) is 0 Å². The van der Waals surface area contributed by atoms with Crippen molar-refractivity contribution in [1.29, 1.82) is 0 Å². The van der Waals surface area contributed by atoms with E-state index in [0.29, 0.717) is 0 Å². The van der Waals surface area contributed by atoms with Crippen LogP contribution in [0.25, 0.3) is 0 Å². The Hall–Kier alpha value is -1.64. The molecule has 0 bridgehead atoms. The van der Waals surface area contributed by atoms with Crippen LogP contribution in [0, 0.1) is 12.8 Å². The van der Waals surface area contributed by atoms with Gasteiger partial charge in [-0.3, -0.25) is 0 Å². The smallest absolute Gasteiger partial charge is 0.0681 e. The first kappa shape index (κ1) is 18.4. The molecule has 1 heterocycles. The molecule has 2 heteroatoms. The first-order valence-electron chi connectivity index (χ1n) is 8.09. The van der Waals surface area contributed by atoms with Gasteiger partial charge in [0.05, 0.1) is 6.61 Å². The topological polar surface area (TPSA) is 32.3 Å². The highest BCUT2D eigenvalue weighted by atomic mass is 16.3. The van der Waals surface area contributed by atoms with Gasteiger partial charge in [-0.15, -0.1) is 0 Å². The minimum absolute atomic E-state index is 0.140. The molecule has 0 radical (unpaired) electrons. The first-order chi connectivity index (χ1) is 10.7. The monoisotopic (exact) mass is 299 g/mol. The van der Waals surface area contributed by atoms with Crippen LogP contribution in [0.5, 0.6) is 0 Å². The number of aliphatic hydroxyl groups is 1. The molecule has 1 saturated heterocycles. The Morgan fingerprint density at radius 2 is 1.41 bits per heavy atom. The van der Waals surface area contributed by atoms with Gasteiger partial charge in [-0.25, -0.2) is 0 Å². The molecule has 2 nitrogen and oxygen atoms in total. The molecule has 0 aliphatic carbocycles. The second kappa shape index (κ2) is 12.0. The molecule has 3 rings (SSSR count). The van der Waals surface area contributed by atoms with E-state index in [1.54, 1.807) is 0 Å². The van der Waals surface area contributed by atoms with Gasteiger partial charge >= 0.3 is 0 Å². The lowest BCUT2D eigenvalue weighted by Crippen LogP contribution is -2.26. The Morgan fingerprint density at radius 1 is 0.909 bits per heavy atom. The van der Waals surface area contributed by atoms with Gasteiger partial charge in [-0.05, 0) is 44.3 Å². The third-order valence-corrected chi connectivity index (χ3v) is 3.59. The Kier molecular flexibility index (Phi) is 10.0. The van der Waals surface area contributed by atoms with Crippen LogP contribution in [0.1, 0.15) is 30.9 Å². The van der Waals surface area contributed by atoms with Gasteiger partial charge in [0.2, 0.25) is 0 Å². The summed E-state index contributed by atoms with van der Waals surface area (Å²) in [7, 11) is 0. The number of rotatable bonds is 1. The van der Waals surface area contributed by atoms with Gasteiger partial charge in [0.25, 0.3) is 0 Å². The normalized spacial score (nSPS) is 14.1. The summed E-state index contributed by atoms with van der Waals surface area (Å²) in [6.45, 7) is 7.02. The highest BCUT2D eigenvalue weighted by molar-refractivity contribution is 5.13. The zero-order valence-corrected chi connectivity index (χ0v) is 13.8. The van der Waals surface area contributed by atoms with Crippen LogP contribution in [-0.2, 0) is 6.61 Å². The lowest BCUT2D eigenvalue weighted by molar-refractivity contribution is 0.282. The zero-order chi connectivity index (χ0) is 16.0. The van der Waals surface area contributed by atoms with Gasteiger partial charge in [0.15, 0.2) is 0 Å². The van der Waals surface area contributed by atoms with Crippen LogP contribution in [0.3, 0.4) is 0 Å². The summed E-state index contributed by atoms with van der Waals surface area (Å²) >= 11 is 0. The van der Waals surface area contributed by atoms with Gasteiger partial charge in [0.1, 0.15) is 0 Å². The molecule has 1 fully saturated rings. The molecule has 1 aliphatic rings. The summed E-state index contributed by atoms with van der Waals surface area (Å²) in [5.41, 5.74) is 2.29. The number of nitrogens with one attached hydrogen (secondary N) is 1. The Balaban J connectivity index is 0.000000166. The largest absolute Gasteiger partial charge is 0.392 e. The van der Waals surface area contributed by atoms with Crippen molar-refractivity contribution in [1.82, 2.24) is 5.32 Å². The minimum atomic E-state index is 0.140. The fourth-order valence-corrected chi connectivity index (χ4v) is 2.08. The molecule has 2 aromatic carbocycles. The number of aryl methyl sites for hydroxylation is 1. The molecule has 2 N–H and O–H groups in total. The molecule has 0 saturated carbocycles. The average Bonchev–Trinajstić information content (AvgIpc) is 2.58. The lowest BCUT2D eigenvalue weighted by atomic mass is 10.0. The molecule has 0 unspecified atom stereocenters. The molecule has 1 aliphatic heterocycles. The van der Waals surface area contributed by atoms with Crippen molar-refractivity contribution in [3.63, 3.8) is 0 Å². The maximum Gasteiger partial charge on any atom is 0.0681 e. The average molecular weight is 299 g/mol. The minimum Gasteiger partial charge on any atom is -0.392 e. The van der Waals surface area contributed by atoms with Crippen molar-refractivity contribution >= 4 is 0 Å². The third-order valence-electron chi connectivity index (χ3n) is 3.59. The summed E-state index contributed by atoms with van der Waals surface area (Å²) in [5.74, 6) is 0.973. The van der Waals surface area contributed by atoms with E-state index in [-0.39, 0.29) is 6.61 Å². The van der Waals surface area contributed by atoms with Gasteiger partial charge in [0, 0.05) is 0 Å². The highest BCUT2D eigenvalue weighted by Gasteiger charge is 2.05. The summed E-state index contributed by atoms with van der Waals surface area (Å²) < 4.78 is 0. The summed E-state index contributed by atoms with van der Waals surface area (Å²) in [4.78, 5) is 0. The van der Waals surface area contributed by atoms with E-state index in [1.807, 2.05) is 48.5 Å². The van der Waals surface area contributed by atoms with Crippen molar-refractivity contribution in [2.24, 2.45) is 5.92 Å². The van der Waals surface area contributed by atoms with Crippen LogP contribution >= 0.6 is 0 Å². The number of benzene rings is 2. The van der Waals surface area contributed by atoms with Crippen molar-refractivity contribution in [3.05, 3.63) is 71.8 Å². The standard InChI is InChI=1S/C7H8O.C7H8.C6H13N/c8-6-7-4-2-1-3-5-7;1-7-5-3-2-4-6-7;1-6-2-4-7-5-3-6/h1-5,8H,6H2;2-6H,1H3;6-7H,2-5H2,1H3. The van der Waals surface area contributed by atoms with Crippen molar-refractivity contribution in [2.75, 3.05) is 13.1 Å². The third kappa shape index (κ3) is 9.32. The molecule has 120 valence electrons. The Morgan fingerprint density at radius 3 is 1.68 bits per heavy atom. The van der Waals surface area contributed by atoms with E-state index in [4.69, 9.17) is 5.11 Å². The van der Waals surface area contributed by atoms with Crippen LogP contribution in [0.2, 0.25) is 0 Å². The first-order valence-corrected chi connectivity index (χ1v) is 8.09. The molecule has 0 atom stereocenters. The van der Waals surface area contributed by atoms with Crippen molar-refractivity contribution in [3.8, 4) is 0 Å². The number of piperidine rings is 1. The van der Waals surface area contributed by atoms with Gasteiger partial charge in [-0.2, -0.15) is 0 Å². The Bertz CT molecular complexity index is 464. The van der Waals surface area contributed by atoms with Crippen LogP contribution in [-0.4, -0.2) is 18.2 Å². The number of aliphatic hydroxyl groups excluding tert-OH is 1. The van der Waals surface area contributed by atoms with E-state index in [2.05, 4.69) is 31.3 Å². The van der Waals surface area contributed by atoms with E-state index in [0.717, 1.165) is 11.5 Å². The maximum absolute atomic E-state index is 8.54. The summed E-state index contributed by atoms with van der Waals surface area (Å²) in [5, 5.41) is 11.9. The van der Waals surface area contributed by atoms with Crippen molar-refractivity contribution < 1.29 is 5.11 Å². The Labute approximate surface area is 135 Å². The maximum atomic E-state index is 8.54. The molecule has 0 aromatic heterocycles. The summed E-state index contributed by atoms with van der Waals surface area (Å²) in [6, 6.07) is 19.8. The fourth-order valence-electron chi connectivity index (χ4n) is 2.08. The summed E-state index contributed by atoms with van der Waals surface area (Å²) in [6.07, 6.45) is 2.75. The molecule has 2 aromatic rings. The molecule has 0 spiro atoms.